The zero-order chi connectivity index (χ0) is 14.5. The van der Waals surface area contributed by atoms with Gasteiger partial charge in [0.1, 0.15) is 18.2 Å². The largest absolute Gasteiger partial charge is 0.492 e. The summed E-state index contributed by atoms with van der Waals surface area (Å²) in [6.07, 6.45) is 0. The summed E-state index contributed by atoms with van der Waals surface area (Å²) in [4.78, 5) is 10.9. The minimum absolute atomic E-state index is 0.0190. The zero-order valence-electron chi connectivity index (χ0n) is 10.5. The van der Waals surface area contributed by atoms with Crippen molar-refractivity contribution in [3.05, 3.63) is 41.5 Å². The lowest BCUT2D eigenvalue weighted by atomic mass is 10.3. The van der Waals surface area contributed by atoms with E-state index in [4.69, 9.17) is 15.6 Å². The van der Waals surface area contributed by atoms with Gasteiger partial charge in [-0.2, -0.15) is 0 Å². The highest BCUT2D eigenvalue weighted by atomic mass is 19.1. The number of nitrogens with zero attached hydrogens (tertiary/aromatic N) is 3. The van der Waals surface area contributed by atoms with Gasteiger partial charge in [0, 0.05) is 6.54 Å². The Balaban J connectivity index is 1.97. The minimum Gasteiger partial charge on any atom is -0.492 e. The molecule has 1 aromatic heterocycles. The summed E-state index contributed by atoms with van der Waals surface area (Å²) in [5.74, 6) is -0.999. The first kappa shape index (κ1) is 13.9. The third kappa shape index (κ3) is 3.09. The van der Waals surface area contributed by atoms with Crippen LogP contribution in [0.3, 0.4) is 0 Å². The number of carboxylic acid groups (broad SMARTS) is 1. The van der Waals surface area contributed by atoms with Crippen LogP contribution in [0, 0.1) is 5.82 Å². The molecule has 0 saturated heterocycles. The molecule has 0 aliphatic carbocycles. The van der Waals surface area contributed by atoms with Gasteiger partial charge in [0.25, 0.3) is 0 Å². The molecule has 2 rings (SSSR count). The number of benzene rings is 1. The van der Waals surface area contributed by atoms with Gasteiger partial charge in [0.2, 0.25) is 0 Å². The van der Waals surface area contributed by atoms with Gasteiger partial charge in [0.15, 0.2) is 5.69 Å². The summed E-state index contributed by atoms with van der Waals surface area (Å²) in [6, 6.07) is 5.59. The van der Waals surface area contributed by atoms with Crippen LogP contribution in [0.15, 0.2) is 24.3 Å². The molecule has 0 aliphatic heterocycles. The summed E-state index contributed by atoms with van der Waals surface area (Å²) < 4.78 is 19.5. The fraction of sp³-hybridized carbons (Fsp3) is 0.250. The molecule has 1 aromatic carbocycles. The standard InChI is InChI=1S/C12H13FN4O3/c13-8-1-3-9(4-2-8)20-6-5-17-10(7-14)11(12(18)19)15-16-17/h1-4H,5-7,14H2,(H,18,19). The van der Waals surface area contributed by atoms with E-state index < -0.39 is 5.97 Å². The van der Waals surface area contributed by atoms with Gasteiger partial charge < -0.3 is 15.6 Å². The van der Waals surface area contributed by atoms with Gasteiger partial charge in [-0.1, -0.05) is 5.21 Å². The molecule has 0 fully saturated rings. The molecule has 0 saturated carbocycles. The van der Waals surface area contributed by atoms with Crippen LogP contribution in [0.1, 0.15) is 16.2 Å². The number of carbonyl (C=O) groups is 1. The van der Waals surface area contributed by atoms with Gasteiger partial charge in [-0.3, -0.25) is 0 Å². The number of nitrogens with two attached hydrogens (primary N) is 1. The molecule has 106 valence electrons. The van der Waals surface area contributed by atoms with Crippen molar-refractivity contribution in [3.63, 3.8) is 0 Å². The number of carboxylic acids is 1. The van der Waals surface area contributed by atoms with Gasteiger partial charge in [-0.25, -0.2) is 13.9 Å². The van der Waals surface area contributed by atoms with E-state index in [-0.39, 0.29) is 24.7 Å². The normalized spacial score (nSPS) is 10.5. The Hall–Kier alpha value is -2.48. The molecule has 0 amide bonds. The van der Waals surface area contributed by atoms with Crippen LogP contribution in [0.5, 0.6) is 5.75 Å². The van der Waals surface area contributed by atoms with Crippen molar-refractivity contribution in [2.24, 2.45) is 5.73 Å². The first-order valence-corrected chi connectivity index (χ1v) is 5.86. The van der Waals surface area contributed by atoms with Crippen LogP contribution < -0.4 is 10.5 Å². The molecule has 0 radical (unpaired) electrons. The smallest absolute Gasteiger partial charge is 0.358 e. The second kappa shape index (κ2) is 6.11. The molecule has 0 aliphatic rings. The maximum absolute atomic E-state index is 12.7. The molecule has 0 atom stereocenters. The van der Waals surface area contributed by atoms with Crippen LogP contribution in [0.4, 0.5) is 4.39 Å². The summed E-state index contributed by atoms with van der Waals surface area (Å²) in [5, 5.41) is 16.2. The Bertz CT molecular complexity index is 597. The van der Waals surface area contributed by atoms with E-state index in [0.29, 0.717) is 18.0 Å². The Kier molecular flexibility index (Phi) is 4.26. The number of halogens is 1. The lowest BCUT2D eigenvalue weighted by Gasteiger charge is -2.07. The quantitative estimate of drug-likeness (QED) is 0.805. The van der Waals surface area contributed by atoms with Gasteiger partial charge in [-0.15, -0.1) is 5.10 Å². The third-order valence-electron chi connectivity index (χ3n) is 2.62. The second-order valence-corrected chi connectivity index (χ2v) is 3.92. The molecular weight excluding hydrogens is 267 g/mol. The zero-order valence-corrected chi connectivity index (χ0v) is 10.5. The predicted octanol–water partition coefficient (Wildman–Crippen LogP) is 0.653. The summed E-state index contributed by atoms with van der Waals surface area (Å²) in [6.45, 7) is 0.552. The molecule has 3 N–H and O–H groups in total. The second-order valence-electron chi connectivity index (χ2n) is 3.92. The number of hydrogen-bond acceptors (Lipinski definition) is 5. The molecule has 20 heavy (non-hydrogen) atoms. The Morgan fingerprint density at radius 1 is 1.40 bits per heavy atom. The van der Waals surface area contributed by atoms with Crippen LogP contribution in [-0.4, -0.2) is 32.7 Å². The van der Waals surface area contributed by atoms with E-state index in [1.165, 1.54) is 28.9 Å². The Labute approximate surface area is 113 Å². The average Bonchev–Trinajstić information content (AvgIpc) is 2.84. The van der Waals surface area contributed by atoms with Crippen molar-refractivity contribution >= 4 is 5.97 Å². The topological polar surface area (TPSA) is 103 Å². The van der Waals surface area contributed by atoms with Gasteiger partial charge in [-0.05, 0) is 24.3 Å². The van der Waals surface area contributed by atoms with Crippen LogP contribution >= 0.6 is 0 Å². The van der Waals surface area contributed by atoms with E-state index in [0.717, 1.165) is 0 Å². The van der Waals surface area contributed by atoms with Crippen molar-refractivity contribution in [3.8, 4) is 5.75 Å². The predicted molar refractivity (Wildman–Crippen MR) is 66.8 cm³/mol. The maximum atomic E-state index is 12.7. The number of rotatable bonds is 6. The van der Waals surface area contributed by atoms with E-state index in [2.05, 4.69) is 10.3 Å². The third-order valence-corrected chi connectivity index (χ3v) is 2.62. The Morgan fingerprint density at radius 2 is 2.10 bits per heavy atom. The molecule has 1 heterocycles. The van der Waals surface area contributed by atoms with Crippen LogP contribution in [0.2, 0.25) is 0 Å². The van der Waals surface area contributed by atoms with Crippen molar-refractivity contribution < 1.29 is 19.0 Å². The lowest BCUT2D eigenvalue weighted by molar-refractivity contribution is 0.0689. The number of aromatic carboxylic acids is 1. The minimum atomic E-state index is -1.17. The Morgan fingerprint density at radius 3 is 2.70 bits per heavy atom. The van der Waals surface area contributed by atoms with Crippen LogP contribution in [-0.2, 0) is 13.1 Å². The fourth-order valence-corrected chi connectivity index (χ4v) is 1.66. The molecular formula is C12H13FN4O3. The molecule has 8 heteroatoms. The SMILES string of the molecule is NCc1c(C(=O)O)nnn1CCOc1ccc(F)cc1. The van der Waals surface area contributed by atoms with E-state index in [1.807, 2.05) is 0 Å². The van der Waals surface area contributed by atoms with Gasteiger partial charge in [0.05, 0.1) is 12.2 Å². The first-order chi connectivity index (χ1) is 9.61. The summed E-state index contributed by atoms with van der Waals surface area (Å²) in [7, 11) is 0. The molecule has 2 aromatic rings. The van der Waals surface area contributed by atoms with Gasteiger partial charge >= 0.3 is 5.97 Å². The highest BCUT2D eigenvalue weighted by molar-refractivity contribution is 5.86. The highest BCUT2D eigenvalue weighted by Crippen LogP contribution is 2.11. The molecule has 0 spiro atoms. The van der Waals surface area contributed by atoms with E-state index in [1.54, 1.807) is 0 Å². The molecule has 7 nitrogen and oxygen atoms in total. The number of aromatic nitrogens is 3. The van der Waals surface area contributed by atoms with E-state index >= 15 is 0 Å². The average molecular weight is 280 g/mol. The first-order valence-electron chi connectivity index (χ1n) is 5.86. The number of hydrogen-bond donors (Lipinski definition) is 2. The van der Waals surface area contributed by atoms with Crippen molar-refractivity contribution in [1.29, 1.82) is 0 Å². The molecule has 0 bridgehead atoms. The van der Waals surface area contributed by atoms with Crippen molar-refractivity contribution in [2.75, 3.05) is 6.61 Å². The summed E-state index contributed by atoms with van der Waals surface area (Å²) >= 11 is 0. The highest BCUT2D eigenvalue weighted by Gasteiger charge is 2.17. The summed E-state index contributed by atoms with van der Waals surface area (Å²) in [5.41, 5.74) is 5.66. The van der Waals surface area contributed by atoms with Crippen LogP contribution in [0.25, 0.3) is 0 Å². The monoisotopic (exact) mass is 280 g/mol. The molecule has 0 unspecified atom stereocenters. The maximum Gasteiger partial charge on any atom is 0.358 e. The fourth-order valence-electron chi connectivity index (χ4n) is 1.66. The van der Waals surface area contributed by atoms with Crippen molar-refractivity contribution in [2.45, 2.75) is 13.1 Å². The number of ether oxygens (including phenoxy) is 1. The van der Waals surface area contributed by atoms with Crippen molar-refractivity contribution in [1.82, 2.24) is 15.0 Å². The van der Waals surface area contributed by atoms with E-state index in [9.17, 15) is 9.18 Å². The lowest BCUT2D eigenvalue weighted by Crippen LogP contribution is -2.16.